The highest BCUT2D eigenvalue weighted by molar-refractivity contribution is 6.31. The summed E-state index contributed by atoms with van der Waals surface area (Å²) in [6, 6.07) is 24.4. The van der Waals surface area contributed by atoms with E-state index in [1.807, 2.05) is 54.3 Å². The van der Waals surface area contributed by atoms with E-state index in [0.29, 0.717) is 22.3 Å². The van der Waals surface area contributed by atoms with E-state index in [4.69, 9.17) is 11.6 Å². The summed E-state index contributed by atoms with van der Waals surface area (Å²) >= 11 is 6.30. The molecule has 0 aliphatic carbocycles. The number of aromatic nitrogens is 1. The van der Waals surface area contributed by atoms with Gasteiger partial charge in [0.05, 0.1) is 5.56 Å². The number of piperidine rings is 1. The van der Waals surface area contributed by atoms with Gasteiger partial charge in [-0.1, -0.05) is 72.3 Å². The summed E-state index contributed by atoms with van der Waals surface area (Å²) in [5.41, 5.74) is 3.93. The standard InChI is InChI=1S/C29H28ClN3O/c1-20-11-12-23(18-27(20)30)32-28-25-10-6-5-9-24(25)26(19-31-28)29(34)33-15-13-22(14-16-33)17-21-7-3-2-4-8-21/h2-12,18-19,22H,13-17H2,1H3,(H,31,32). The molecule has 1 amide bonds. The van der Waals surface area contributed by atoms with Gasteiger partial charge in [0, 0.05) is 35.4 Å². The van der Waals surface area contributed by atoms with E-state index in [2.05, 4.69) is 40.6 Å². The second-order valence-corrected chi connectivity index (χ2v) is 9.49. The highest BCUT2D eigenvalue weighted by Crippen LogP contribution is 2.30. The van der Waals surface area contributed by atoms with Crippen molar-refractivity contribution in [2.24, 2.45) is 5.92 Å². The van der Waals surface area contributed by atoms with E-state index >= 15 is 0 Å². The summed E-state index contributed by atoms with van der Waals surface area (Å²) in [4.78, 5) is 20.1. The monoisotopic (exact) mass is 469 g/mol. The largest absolute Gasteiger partial charge is 0.340 e. The van der Waals surface area contributed by atoms with Gasteiger partial charge in [-0.05, 0) is 60.7 Å². The predicted octanol–water partition coefficient (Wildman–Crippen LogP) is 7.04. The van der Waals surface area contributed by atoms with Crippen molar-refractivity contribution in [3.8, 4) is 0 Å². The SMILES string of the molecule is Cc1ccc(Nc2ncc(C(=O)N3CCC(Cc4ccccc4)CC3)c3ccccc23)cc1Cl. The Morgan fingerprint density at radius 1 is 1.00 bits per heavy atom. The number of nitrogens with zero attached hydrogens (tertiary/aromatic N) is 2. The lowest BCUT2D eigenvalue weighted by Crippen LogP contribution is -2.39. The second-order valence-electron chi connectivity index (χ2n) is 9.08. The number of rotatable bonds is 5. The molecule has 1 aliphatic heterocycles. The zero-order chi connectivity index (χ0) is 23.5. The zero-order valence-electron chi connectivity index (χ0n) is 19.3. The van der Waals surface area contributed by atoms with Gasteiger partial charge in [-0.15, -0.1) is 0 Å². The lowest BCUT2D eigenvalue weighted by Gasteiger charge is -2.32. The van der Waals surface area contributed by atoms with E-state index in [1.165, 1.54) is 5.56 Å². The third kappa shape index (κ3) is 4.78. The third-order valence-electron chi connectivity index (χ3n) is 6.73. The second kappa shape index (κ2) is 9.86. The van der Waals surface area contributed by atoms with Crippen LogP contribution in [0.3, 0.4) is 0 Å². The van der Waals surface area contributed by atoms with Crippen LogP contribution in [-0.2, 0) is 6.42 Å². The Bertz CT molecular complexity index is 1310. The number of amides is 1. The minimum atomic E-state index is 0.0618. The van der Waals surface area contributed by atoms with Crippen LogP contribution in [0.25, 0.3) is 10.8 Å². The number of benzene rings is 3. The highest BCUT2D eigenvalue weighted by Gasteiger charge is 2.25. The first kappa shape index (κ1) is 22.4. The summed E-state index contributed by atoms with van der Waals surface area (Å²) in [5, 5.41) is 5.91. The van der Waals surface area contributed by atoms with Crippen molar-refractivity contribution in [1.29, 1.82) is 0 Å². The topological polar surface area (TPSA) is 45.2 Å². The summed E-state index contributed by atoms with van der Waals surface area (Å²) in [6.45, 7) is 3.55. The maximum atomic E-state index is 13.5. The Labute approximate surface area is 205 Å². The van der Waals surface area contributed by atoms with Gasteiger partial charge >= 0.3 is 0 Å². The number of fused-ring (bicyclic) bond motifs is 1. The van der Waals surface area contributed by atoms with Gasteiger partial charge in [-0.3, -0.25) is 4.79 Å². The van der Waals surface area contributed by atoms with Crippen LogP contribution in [0.15, 0.2) is 79.0 Å². The molecule has 5 rings (SSSR count). The van der Waals surface area contributed by atoms with Crippen LogP contribution in [0.1, 0.15) is 34.3 Å². The highest BCUT2D eigenvalue weighted by atomic mass is 35.5. The molecule has 0 spiro atoms. The van der Waals surface area contributed by atoms with Crippen LogP contribution in [0, 0.1) is 12.8 Å². The van der Waals surface area contributed by atoms with Crippen molar-refractivity contribution >= 4 is 39.8 Å². The minimum absolute atomic E-state index is 0.0618. The lowest BCUT2D eigenvalue weighted by molar-refractivity contribution is 0.0692. The molecule has 172 valence electrons. The number of anilines is 2. The number of halogens is 1. The maximum absolute atomic E-state index is 13.5. The Hall–Kier alpha value is -3.37. The molecule has 0 radical (unpaired) electrons. The van der Waals surface area contributed by atoms with E-state index in [0.717, 1.165) is 54.4 Å². The molecule has 34 heavy (non-hydrogen) atoms. The van der Waals surface area contributed by atoms with Gasteiger partial charge in [0.2, 0.25) is 0 Å². The summed E-state index contributed by atoms with van der Waals surface area (Å²) in [5.74, 6) is 1.40. The number of pyridine rings is 1. The van der Waals surface area contributed by atoms with Gasteiger partial charge in [-0.2, -0.15) is 0 Å². The zero-order valence-corrected chi connectivity index (χ0v) is 20.1. The quantitative estimate of drug-likeness (QED) is 0.341. The molecule has 1 aromatic heterocycles. The number of hydrogen-bond donors (Lipinski definition) is 1. The van der Waals surface area contributed by atoms with Crippen LogP contribution in [-0.4, -0.2) is 28.9 Å². The molecule has 0 bridgehead atoms. The average molecular weight is 470 g/mol. The number of carbonyl (C=O) groups is 1. The van der Waals surface area contributed by atoms with E-state index in [9.17, 15) is 4.79 Å². The molecular formula is C29H28ClN3O. The summed E-state index contributed by atoms with van der Waals surface area (Å²) in [6.07, 6.45) is 4.84. The first-order chi connectivity index (χ1) is 16.6. The van der Waals surface area contributed by atoms with Crippen LogP contribution in [0.5, 0.6) is 0 Å². The van der Waals surface area contributed by atoms with Gasteiger partial charge in [0.15, 0.2) is 0 Å². The molecule has 0 saturated carbocycles. The van der Waals surface area contributed by atoms with Crippen molar-refractivity contribution in [1.82, 2.24) is 9.88 Å². The number of carbonyl (C=O) groups excluding carboxylic acids is 1. The van der Waals surface area contributed by atoms with E-state index < -0.39 is 0 Å². The van der Waals surface area contributed by atoms with E-state index in [1.54, 1.807) is 6.20 Å². The van der Waals surface area contributed by atoms with Crippen molar-refractivity contribution in [2.75, 3.05) is 18.4 Å². The van der Waals surface area contributed by atoms with Gasteiger partial charge < -0.3 is 10.2 Å². The smallest absolute Gasteiger partial charge is 0.256 e. The Morgan fingerprint density at radius 3 is 2.44 bits per heavy atom. The molecule has 1 saturated heterocycles. The minimum Gasteiger partial charge on any atom is -0.340 e. The summed E-state index contributed by atoms with van der Waals surface area (Å²) in [7, 11) is 0. The first-order valence-corrected chi connectivity index (χ1v) is 12.2. The van der Waals surface area contributed by atoms with Crippen LogP contribution in [0.4, 0.5) is 11.5 Å². The molecule has 3 aromatic carbocycles. The Morgan fingerprint density at radius 2 is 1.71 bits per heavy atom. The van der Waals surface area contributed by atoms with Crippen LogP contribution < -0.4 is 5.32 Å². The van der Waals surface area contributed by atoms with E-state index in [-0.39, 0.29) is 5.91 Å². The molecule has 1 N–H and O–H groups in total. The number of likely N-dealkylation sites (tertiary alicyclic amines) is 1. The molecule has 4 nitrogen and oxygen atoms in total. The molecule has 0 atom stereocenters. The molecule has 1 fully saturated rings. The number of aryl methyl sites for hydroxylation is 1. The maximum Gasteiger partial charge on any atom is 0.256 e. The fraction of sp³-hybridized carbons (Fsp3) is 0.241. The number of nitrogens with one attached hydrogen (secondary N) is 1. The molecule has 1 aliphatic rings. The van der Waals surface area contributed by atoms with Crippen molar-refractivity contribution in [3.63, 3.8) is 0 Å². The fourth-order valence-corrected chi connectivity index (χ4v) is 4.91. The molecule has 0 unspecified atom stereocenters. The lowest BCUT2D eigenvalue weighted by atomic mass is 9.90. The molecular weight excluding hydrogens is 442 g/mol. The molecule has 5 heteroatoms. The van der Waals surface area contributed by atoms with Crippen LogP contribution >= 0.6 is 11.6 Å². The fourth-order valence-electron chi connectivity index (χ4n) is 4.73. The number of hydrogen-bond acceptors (Lipinski definition) is 3. The predicted molar refractivity (Wildman–Crippen MR) is 140 cm³/mol. The first-order valence-electron chi connectivity index (χ1n) is 11.8. The average Bonchev–Trinajstić information content (AvgIpc) is 2.87. The third-order valence-corrected chi connectivity index (χ3v) is 7.14. The van der Waals surface area contributed by atoms with Gasteiger partial charge in [0.25, 0.3) is 5.91 Å². The van der Waals surface area contributed by atoms with Gasteiger partial charge in [-0.25, -0.2) is 4.98 Å². The van der Waals surface area contributed by atoms with Crippen molar-refractivity contribution < 1.29 is 4.79 Å². The van der Waals surface area contributed by atoms with Crippen molar-refractivity contribution in [2.45, 2.75) is 26.2 Å². The van der Waals surface area contributed by atoms with Gasteiger partial charge in [0.1, 0.15) is 5.82 Å². The van der Waals surface area contributed by atoms with Crippen LogP contribution in [0.2, 0.25) is 5.02 Å². The Balaban J connectivity index is 1.33. The molecule has 2 heterocycles. The molecule has 4 aromatic rings. The Kier molecular flexibility index (Phi) is 6.50. The van der Waals surface area contributed by atoms with Crippen molar-refractivity contribution in [3.05, 3.63) is 101 Å². The normalized spacial score (nSPS) is 14.4. The summed E-state index contributed by atoms with van der Waals surface area (Å²) < 4.78 is 0.